The number of benzene rings is 1. The average molecular weight is 260 g/mol. The van der Waals surface area contributed by atoms with Crippen molar-refractivity contribution in [3.8, 4) is 5.75 Å². The van der Waals surface area contributed by atoms with Gasteiger partial charge in [-0.25, -0.2) is 0 Å². The van der Waals surface area contributed by atoms with Gasteiger partial charge in [-0.2, -0.15) is 0 Å². The van der Waals surface area contributed by atoms with Gasteiger partial charge in [-0.3, -0.25) is 0 Å². The first kappa shape index (κ1) is 12.9. The third-order valence-electron chi connectivity index (χ3n) is 4.96. The summed E-state index contributed by atoms with van der Waals surface area (Å²) in [6.07, 6.45) is 3.75. The number of piperidine rings is 1. The van der Waals surface area contributed by atoms with Gasteiger partial charge in [0, 0.05) is 6.04 Å². The zero-order valence-electron chi connectivity index (χ0n) is 12.2. The van der Waals surface area contributed by atoms with Crippen LogP contribution in [0.1, 0.15) is 36.4 Å². The molecular formula is C16H24N2O. The quantitative estimate of drug-likeness (QED) is 0.883. The Hall–Kier alpha value is -1.06. The van der Waals surface area contributed by atoms with Gasteiger partial charge in [-0.1, -0.05) is 6.07 Å². The molecular weight excluding hydrogens is 236 g/mol. The van der Waals surface area contributed by atoms with Crippen molar-refractivity contribution in [2.45, 2.75) is 30.7 Å². The molecule has 3 nitrogen and oxygen atoms in total. The molecule has 3 rings (SSSR count). The molecule has 1 aromatic carbocycles. The molecule has 0 unspecified atom stereocenters. The molecule has 0 amide bonds. The highest BCUT2D eigenvalue weighted by Gasteiger charge is 2.45. The minimum atomic E-state index is 0.365. The Bertz CT molecular complexity index is 464. The minimum absolute atomic E-state index is 0.365. The highest BCUT2D eigenvalue weighted by molar-refractivity contribution is 5.47. The van der Waals surface area contributed by atoms with Gasteiger partial charge in [0.05, 0.1) is 7.11 Å². The van der Waals surface area contributed by atoms with Gasteiger partial charge in [-0.05, 0) is 75.1 Å². The van der Waals surface area contributed by atoms with Crippen molar-refractivity contribution in [2.75, 3.05) is 34.3 Å². The molecule has 1 aliphatic heterocycles. The molecule has 1 fully saturated rings. The number of hydrogen-bond donors (Lipinski definition) is 1. The maximum Gasteiger partial charge on any atom is 0.119 e. The van der Waals surface area contributed by atoms with E-state index in [0.717, 1.165) is 18.8 Å². The summed E-state index contributed by atoms with van der Waals surface area (Å²) in [5, 5.41) is 3.49. The van der Waals surface area contributed by atoms with E-state index in [4.69, 9.17) is 4.74 Å². The summed E-state index contributed by atoms with van der Waals surface area (Å²) in [7, 11) is 6.15. The Morgan fingerprint density at radius 1 is 1.26 bits per heavy atom. The summed E-state index contributed by atoms with van der Waals surface area (Å²) in [4.78, 5) is 2.36. The second-order valence-corrected chi connectivity index (χ2v) is 6.17. The fraction of sp³-hybridized carbons (Fsp3) is 0.625. The lowest BCUT2D eigenvalue weighted by Crippen LogP contribution is -2.39. The van der Waals surface area contributed by atoms with Gasteiger partial charge in [0.2, 0.25) is 0 Å². The van der Waals surface area contributed by atoms with Gasteiger partial charge in [0.1, 0.15) is 5.75 Å². The smallest absolute Gasteiger partial charge is 0.119 e. The third-order valence-corrected chi connectivity index (χ3v) is 4.96. The molecule has 1 spiro atoms. The van der Waals surface area contributed by atoms with Crippen molar-refractivity contribution in [2.24, 2.45) is 0 Å². The summed E-state index contributed by atoms with van der Waals surface area (Å²) >= 11 is 0. The van der Waals surface area contributed by atoms with E-state index in [1.54, 1.807) is 7.11 Å². The van der Waals surface area contributed by atoms with Crippen LogP contribution >= 0.6 is 0 Å². The molecule has 0 saturated carbocycles. The van der Waals surface area contributed by atoms with Crippen molar-refractivity contribution in [1.82, 2.24) is 10.2 Å². The number of fused-ring (bicyclic) bond motifs is 2. The molecule has 0 aromatic heterocycles. The van der Waals surface area contributed by atoms with Gasteiger partial charge in [0.15, 0.2) is 0 Å². The molecule has 1 aromatic rings. The van der Waals surface area contributed by atoms with Crippen LogP contribution in [0.5, 0.6) is 5.75 Å². The van der Waals surface area contributed by atoms with Crippen LogP contribution in [0.2, 0.25) is 0 Å². The first-order chi connectivity index (χ1) is 9.16. The Labute approximate surface area is 115 Å². The van der Waals surface area contributed by atoms with E-state index in [-0.39, 0.29) is 0 Å². The molecule has 1 aliphatic carbocycles. The van der Waals surface area contributed by atoms with Crippen molar-refractivity contribution in [1.29, 1.82) is 0 Å². The summed E-state index contributed by atoms with van der Waals surface area (Å²) in [6, 6.07) is 7.22. The second kappa shape index (κ2) is 4.80. The molecule has 1 heterocycles. The van der Waals surface area contributed by atoms with Crippen LogP contribution in [0.15, 0.2) is 18.2 Å². The number of hydrogen-bond acceptors (Lipinski definition) is 3. The SMILES string of the molecule is COc1ccc2c(c1)C1(CCNCC1)C[C@@H]2N(C)C. The zero-order valence-corrected chi connectivity index (χ0v) is 12.2. The molecule has 2 aliphatic rings. The molecule has 104 valence electrons. The number of methoxy groups -OCH3 is 1. The number of ether oxygens (including phenoxy) is 1. The lowest BCUT2D eigenvalue weighted by molar-refractivity contribution is 0.223. The lowest BCUT2D eigenvalue weighted by atomic mass is 9.74. The van der Waals surface area contributed by atoms with Gasteiger partial charge >= 0.3 is 0 Å². The zero-order chi connectivity index (χ0) is 13.5. The normalized spacial score (nSPS) is 24.7. The largest absolute Gasteiger partial charge is 0.497 e. The van der Waals surface area contributed by atoms with Crippen LogP contribution in [-0.2, 0) is 5.41 Å². The van der Waals surface area contributed by atoms with Crippen LogP contribution < -0.4 is 10.1 Å². The van der Waals surface area contributed by atoms with E-state index in [1.165, 1.54) is 30.4 Å². The Balaban J connectivity index is 2.06. The molecule has 19 heavy (non-hydrogen) atoms. The Morgan fingerprint density at radius 3 is 2.63 bits per heavy atom. The highest BCUT2D eigenvalue weighted by atomic mass is 16.5. The first-order valence-corrected chi connectivity index (χ1v) is 7.22. The molecule has 1 saturated heterocycles. The van der Waals surface area contributed by atoms with E-state index < -0.39 is 0 Å². The summed E-state index contributed by atoms with van der Waals surface area (Å²) < 4.78 is 5.44. The molecule has 1 atom stereocenters. The van der Waals surface area contributed by atoms with Crippen LogP contribution in [0.4, 0.5) is 0 Å². The summed E-state index contributed by atoms with van der Waals surface area (Å²) in [6.45, 7) is 2.27. The lowest BCUT2D eigenvalue weighted by Gasteiger charge is -2.35. The fourth-order valence-electron chi connectivity index (χ4n) is 3.84. The third kappa shape index (κ3) is 2.05. The predicted octanol–water partition coefficient (Wildman–Crippen LogP) is 2.32. The summed E-state index contributed by atoms with van der Waals surface area (Å²) in [5.41, 5.74) is 3.41. The van der Waals surface area contributed by atoms with Crippen molar-refractivity contribution < 1.29 is 4.74 Å². The highest BCUT2D eigenvalue weighted by Crippen LogP contribution is 2.52. The maximum absolute atomic E-state index is 5.44. The van der Waals surface area contributed by atoms with E-state index in [9.17, 15) is 0 Å². The fourth-order valence-corrected chi connectivity index (χ4v) is 3.84. The molecule has 3 heteroatoms. The van der Waals surface area contributed by atoms with Gasteiger partial charge in [-0.15, -0.1) is 0 Å². The number of nitrogens with one attached hydrogen (secondary N) is 1. The topological polar surface area (TPSA) is 24.5 Å². The van der Waals surface area contributed by atoms with Crippen LogP contribution in [0.3, 0.4) is 0 Å². The minimum Gasteiger partial charge on any atom is -0.497 e. The van der Waals surface area contributed by atoms with E-state index in [2.05, 4.69) is 42.5 Å². The standard InChI is InChI=1S/C16H24N2O/c1-18(2)15-11-16(6-8-17-9-7-16)14-10-12(19-3)4-5-13(14)15/h4-5,10,15,17H,6-9,11H2,1-3H3/t15-/m0/s1. The maximum atomic E-state index is 5.44. The van der Waals surface area contributed by atoms with Gasteiger partial charge < -0.3 is 15.0 Å². The molecule has 0 bridgehead atoms. The number of nitrogens with zero attached hydrogens (tertiary/aromatic N) is 1. The average Bonchev–Trinajstić information content (AvgIpc) is 2.74. The van der Waals surface area contributed by atoms with Crippen LogP contribution in [0.25, 0.3) is 0 Å². The van der Waals surface area contributed by atoms with Crippen molar-refractivity contribution in [3.63, 3.8) is 0 Å². The van der Waals surface area contributed by atoms with Crippen molar-refractivity contribution >= 4 is 0 Å². The van der Waals surface area contributed by atoms with Gasteiger partial charge in [0.25, 0.3) is 0 Å². The van der Waals surface area contributed by atoms with E-state index in [0.29, 0.717) is 11.5 Å². The van der Waals surface area contributed by atoms with Crippen LogP contribution in [-0.4, -0.2) is 39.2 Å². The monoisotopic (exact) mass is 260 g/mol. The summed E-state index contributed by atoms with van der Waals surface area (Å²) in [5.74, 6) is 0.996. The first-order valence-electron chi connectivity index (χ1n) is 7.22. The number of rotatable bonds is 2. The van der Waals surface area contributed by atoms with Crippen molar-refractivity contribution in [3.05, 3.63) is 29.3 Å². The second-order valence-electron chi connectivity index (χ2n) is 6.17. The predicted molar refractivity (Wildman–Crippen MR) is 77.8 cm³/mol. The Morgan fingerprint density at radius 2 is 2.00 bits per heavy atom. The van der Waals surface area contributed by atoms with E-state index >= 15 is 0 Å². The molecule has 0 radical (unpaired) electrons. The van der Waals surface area contributed by atoms with E-state index in [1.807, 2.05) is 0 Å². The Kier molecular flexibility index (Phi) is 3.27. The van der Waals surface area contributed by atoms with Crippen LogP contribution in [0, 0.1) is 0 Å². The molecule has 1 N–H and O–H groups in total.